The number of aliphatic hydroxyl groups excluding tert-OH is 1. The molecule has 0 amide bonds. The summed E-state index contributed by atoms with van der Waals surface area (Å²) >= 11 is 0. The summed E-state index contributed by atoms with van der Waals surface area (Å²) in [6, 6.07) is 3.89. The van der Waals surface area contributed by atoms with Gasteiger partial charge in [0.05, 0.1) is 18.6 Å². The molecule has 2 atom stereocenters. The van der Waals surface area contributed by atoms with Crippen molar-refractivity contribution in [3.05, 3.63) is 29.8 Å². The molecule has 0 bridgehead atoms. The molecule has 0 aliphatic carbocycles. The first-order valence-electron chi connectivity index (χ1n) is 6.83. The lowest BCUT2D eigenvalue weighted by atomic mass is 9.99. The van der Waals surface area contributed by atoms with Crippen LogP contribution in [0.1, 0.15) is 30.7 Å². The van der Waals surface area contributed by atoms with Gasteiger partial charge in [-0.3, -0.25) is 4.98 Å². The van der Waals surface area contributed by atoms with E-state index < -0.39 is 6.10 Å². The molecule has 3 heterocycles. The number of hydrogen-bond acceptors (Lipinski definition) is 6. The number of hydrogen-bond donors (Lipinski definition) is 1. The Balaban J connectivity index is 1.90. The van der Waals surface area contributed by atoms with Crippen LogP contribution < -0.4 is 0 Å². The van der Waals surface area contributed by atoms with Gasteiger partial charge in [0.15, 0.2) is 0 Å². The average Bonchev–Trinajstić information content (AvgIpc) is 2.97. The molecule has 0 spiro atoms. The highest BCUT2D eigenvalue weighted by Gasteiger charge is 2.30. The van der Waals surface area contributed by atoms with Crippen molar-refractivity contribution in [1.82, 2.24) is 15.1 Å². The molecule has 1 aliphatic rings. The van der Waals surface area contributed by atoms with Crippen molar-refractivity contribution in [1.29, 1.82) is 0 Å². The fraction of sp³-hybridized carbons (Fsp3) is 0.500. The van der Waals surface area contributed by atoms with Gasteiger partial charge in [-0.2, -0.15) is 4.98 Å². The number of rotatable bonds is 3. The number of nitrogens with zero attached hydrogens (tertiary/aromatic N) is 3. The number of pyridine rings is 1. The fourth-order valence-electron chi connectivity index (χ4n) is 2.37. The van der Waals surface area contributed by atoms with Crippen molar-refractivity contribution in [2.75, 3.05) is 13.2 Å². The molecular weight excluding hydrogens is 258 g/mol. The zero-order valence-corrected chi connectivity index (χ0v) is 11.3. The predicted molar refractivity (Wildman–Crippen MR) is 71.1 cm³/mol. The second kappa shape index (κ2) is 5.68. The van der Waals surface area contributed by atoms with Crippen molar-refractivity contribution in [3.63, 3.8) is 0 Å². The van der Waals surface area contributed by atoms with Crippen LogP contribution in [-0.2, 0) is 11.2 Å². The van der Waals surface area contributed by atoms with Crippen LogP contribution in [0.5, 0.6) is 0 Å². The minimum absolute atomic E-state index is 0.251. The van der Waals surface area contributed by atoms with E-state index in [0.717, 1.165) is 17.7 Å². The number of ether oxygens (including phenoxy) is 1. The van der Waals surface area contributed by atoms with Crippen molar-refractivity contribution in [2.45, 2.75) is 31.8 Å². The summed E-state index contributed by atoms with van der Waals surface area (Å²) in [6.07, 6.45) is 2.66. The third-order valence-electron chi connectivity index (χ3n) is 3.56. The van der Waals surface area contributed by atoms with E-state index in [9.17, 15) is 5.11 Å². The predicted octanol–water partition coefficient (Wildman–Crippen LogP) is 1.56. The molecule has 1 saturated heterocycles. The van der Waals surface area contributed by atoms with E-state index in [2.05, 4.69) is 22.0 Å². The van der Waals surface area contributed by atoms with E-state index in [1.165, 1.54) is 0 Å². The minimum atomic E-state index is -0.494. The maximum atomic E-state index is 9.98. The Kier molecular flexibility index (Phi) is 3.75. The van der Waals surface area contributed by atoms with Crippen LogP contribution in [0, 0.1) is 0 Å². The lowest BCUT2D eigenvalue weighted by Crippen LogP contribution is -2.30. The molecule has 2 aromatic rings. The Hall–Kier alpha value is -1.79. The minimum Gasteiger partial charge on any atom is -0.392 e. The third-order valence-corrected chi connectivity index (χ3v) is 3.56. The second-order valence-corrected chi connectivity index (χ2v) is 4.86. The highest BCUT2D eigenvalue weighted by molar-refractivity contribution is 5.53. The van der Waals surface area contributed by atoms with Crippen molar-refractivity contribution < 1.29 is 14.4 Å². The first-order chi connectivity index (χ1) is 9.79. The van der Waals surface area contributed by atoms with Crippen LogP contribution in [0.4, 0.5) is 0 Å². The lowest BCUT2D eigenvalue weighted by Gasteiger charge is -2.24. The molecule has 3 rings (SSSR count). The summed E-state index contributed by atoms with van der Waals surface area (Å²) in [6.45, 7) is 3.03. The summed E-state index contributed by atoms with van der Waals surface area (Å²) < 4.78 is 10.7. The van der Waals surface area contributed by atoms with Gasteiger partial charge in [-0.1, -0.05) is 18.1 Å². The van der Waals surface area contributed by atoms with Crippen molar-refractivity contribution in [2.24, 2.45) is 0 Å². The third kappa shape index (κ3) is 2.44. The molecule has 2 unspecified atom stereocenters. The van der Waals surface area contributed by atoms with Crippen LogP contribution in [0.2, 0.25) is 0 Å². The van der Waals surface area contributed by atoms with Gasteiger partial charge < -0.3 is 14.4 Å². The van der Waals surface area contributed by atoms with Gasteiger partial charge in [-0.05, 0) is 24.5 Å². The van der Waals surface area contributed by atoms with Crippen LogP contribution in [0.3, 0.4) is 0 Å². The van der Waals surface area contributed by atoms with Crippen LogP contribution in [0.25, 0.3) is 11.5 Å². The van der Waals surface area contributed by atoms with E-state index in [1.807, 2.05) is 12.1 Å². The SMILES string of the molecule is CCc1cccnc1-c1noc(C2COCCC2O)n1. The molecular formula is C14H17N3O3. The molecule has 1 aliphatic heterocycles. The second-order valence-electron chi connectivity index (χ2n) is 4.86. The molecule has 1 N–H and O–H groups in total. The summed E-state index contributed by atoms with van der Waals surface area (Å²) in [4.78, 5) is 8.70. The first-order valence-corrected chi connectivity index (χ1v) is 6.83. The normalized spacial score (nSPS) is 22.9. The smallest absolute Gasteiger partial charge is 0.235 e. The van der Waals surface area contributed by atoms with Gasteiger partial charge in [0.2, 0.25) is 11.7 Å². The largest absolute Gasteiger partial charge is 0.392 e. The molecule has 0 saturated carbocycles. The standard InChI is InChI=1S/C14H17N3O3/c1-2-9-4-3-6-15-12(9)13-16-14(20-17-13)10-8-19-7-5-11(10)18/h3-4,6,10-11,18H,2,5,7-8H2,1H3. The molecule has 6 heteroatoms. The molecule has 6 nitrogen and oxygen atoms in total. The summed E-state index contributed by atoms with van der Waals surface area (Å²) in [5, 5.41) is 14.0. The quantitative estimate of drug-likeness (QED) is 0.915. The Morgan fingerprint density at radius 2 is 2.35 bits per heavy atom. The van der Waals surface area contributed by atoms with Crippen molar-refractivity contribution >= 4 is 0 Å². The Bertz CT molecular complexity index is 585. The van der Waals surface area contributed by atoms with Gasteiger partial charge in [0, 0.05) is 12.8 Å². The van der Waals surface area contributed by atoms with E-state index in [0.29, 0.717) is 31.3 Å². The van der Waals surface area contributed by atoms with Gasteiger partial charge in [0.1, 0.15) is 5.69 Å². The fourth-order valence-corrected chi connectivity index (χ4v) is 2.37. The van der Waals surface area contributed by atoms with Crippen LogP contribution in [0.15, 0.2) is 22.9 Å². The monoisotopic (exact) mass is 275 g/mol. The van der Waals surface area contributed by atoms with Crippen LogP contribution in [-0.4, -0.2) is 39.5 Å². The van der Waals surface area contributed by atoms with Gasteiger partial charge in [0.25, 0.3) is 0 Å². The maximum Gasteiger partial charge on any atom is 0.235 e. The summed E-state index contributed by atoms with van der Waals surface area (Å²) in [5.74, 6) is 0.633. The lowest BCUT2D eigenvalue weighted by molar-refractivity contribution is -0.0149. The molecule has 2 aromatic heterocycles. The molecule has 0 aromatic carbocycles. The average molecular weight is 275 g/mol. The molecule has 1 fully saturated rings. The Labute approximate surface area is 116 Å². The highest BCUT2D eigenvalue weighted by atomic mass is 16.5. The molecule has 20 heavy (non-hydrogen) atoms. The Morgan fingerprint density at radius 1 is 1.45 bits per heavy atom. The number of aromatic nitrogens is 3. The highest BCUT2D eigenvalue weighted by Crippen LogP contribution is 2.27. The zero-order chi connectivity index (χ0) is 13.9. The number of aliphatic hydroxyl groups is 1. The van der Waals surface area contributed by atoms with E-state index in [-0.39, 0.29) is 5.92 Å². The van der Waals surface area contributed by atoms with Gasteiger partial charge >= 0.3 is 0 Å². The molecule has 0 radical (unpaired) electrons. The van der Waals surface area contributed by atoms with E-state index in [4.69, 9.17) is 9.26 Å². The van der Waals surface area contributed by atoms with Gasteiger partial charge in [-0.25, -0.2) is 0 Å². The van der Waals surface area contributed by atoms with Gasteiger partial charge in [-0.15, -0.1) is 0 Å². The van der Waals surface area contributed by atoms with E-state index in [1.54, 1.807) is 6.20 Å². The summed E-state index contributed by atoms with van der Waals surface area (Å²) in [7, 11) is 0. The maximum absolute atomic E-state index is 9.98. The van der Waals surface area contributed by atoms with Crippen molar-refractivity contribution in [3.8, 4) is 11.5 Å². The van der Waals surface area contributed by atoms with E-state index >= 15 is 0 Å². The van der Waals surface area contributed by atoms with Crippen LogP contribution >= 0.6 is 0 Å². The molecule has 106 valence electrons. The summed E-state index contributed by atoms with van der Waals surface area (Å²) in [5.41, 5.74) is 1.80. The Morgan fingerprint density at radius 3 is 3.15 bits per heavy atom. The zero-order valence-electron chi connectivity index (χ0n) is 11.3. The first kappa shape index (κ1) is 13.2. The number of aryl methyl sites for hydroxylation is 1. The topological polar surface area (TPSA) is 81.3 Å².